The van der Waals surface area contributed by atoms with E-state index < -0.39 is 21.3 Å². The van der Waals surface area contributed by atoms with Crippen molar-refractivity contribution in [3.05, 3.63) is 0 Å². The van der Waals surface area contributed by atoms with E-state index in [-0.39, 0.29) is 12.3 Å². The molecule has 0 saturated carbocycles. The van der Waals surface area contributed by atoms with E-state index in [1.807, 2.05) is 0 Å². The molecule has 0 aromatic heterocycles. The lowest BCUT2D eigenvalue weighted by atomic mass is 10.2. The second-order valence-corrected chi connectivity index (χ2v) is 6.02. The van der Waals surface area contributed by atoms with Crippen LogP contribution in [-0.2, 0) is 14.8 Å². The number of sulfonamides is 1. The van der Waals surface area contributed by atoms with Crippen LogP contribution in [0.1, 0.15) is 26.2 Å². The smallest absolute Gasteiger partial charge is 0.238 e. The fraction of sp³-hybridized carbons (Fsp3) is 0.800. The van der Waals surface area contributed by atoms with Gasteiger partial charge in [-0.05, 0) is 19.3 Å². The molecule has 0 spiro atoms. The molecule has 0 aromatic rings. The van der Waals surface area contributed by atoms with E-state index in [0.717, 1.165) is 0 Å². The zero-order valence-corrected chi connectivity index (χ0v) is 10.8. The zero-order valence-electron chi connectivity index (χ0n) is 10.0. The first-order valence-corrected chi connectivity index (χ1v) is 7.11. The maximum Gasteiger partial charge on any atom is 0.238 e. The Morgan fingerprint density at radius 1 is 1.65 bits per heavy atom. The molecular formula is C10H17N3O3S. The van der Waals surface area contributed by atoms with Gasteiger partial charge in [-0.15, -0.1) is 0 Å². The minimum atomic E-state index is -3.69. The van der Waals surface area contributed by atoms with E-state index >= 15 is 0 Å². The molecule has 1 heterocycles. The number of hydrogen-bond donors (Lipinski definition) is 1. The fourth-order valence-electron chi connectivity index (χ4n) is 2.01. The highest BCUT2D eigenvalue weighted by atomic mass is 32.2. The van der Waals surface area contributed by atoms with Crippen molar-refractivity contribution in [3.63, 3.8) is 0 Å². The van der Waals surface area contributed by atoms with Crippen LogP contribution in [0, 0.1) is 11.3 Å². The highest BCUT2D eigenvalue weighted by Gasteiger charge is 2.41. The summed E-state index contributed by atoms with van der Waals surface area (Å²) in [7, 11) is -2.21. The van der Waals surface area contributed by atoms with E-state index in [0.29, 0.717) is 19.4 Å². The summed E-state index contributed by atoms with van der Waals surface area (Å²) in [6, 6.07) is 1.13. The lowest BCUT2D eigenvalue weighted by Gasteiger charge is -2.24. The van der Waals surface area contributed by atoms with Crippen LogP contribution in [0.2, 0.25) is 0 Å². The van der Waals surface area contributed by atoms with Crippen molar-refractivity contribution in [2.24, 2.45) is 0 Å². The predicted molar refractivity (Wildman–Crippen MR) is 62.4 cm³/mol. The number of nitrogens with one attached hydrogen (secondary N) is 1. The lowest BCUT2D eigenvalue weighted by Crippen LogP contribution is -2.47. The predicted octanol–water partition coefficient (Wildman–Crippen LogP) is -0.171. The van der Waals surface area contributed by atoms with Gasteiger partial charge in [0.2, 0.25) is 15.9 Å². The van der Waals surface area contributed by atoms with Crippen molar-refractivity contribution in [3.8, 4) is 6.07 Å². The molecule has 6 nitrogen and oxygen atoms in total. The molecule has 1 saturated heterocycles. The third-order valence-electron chi connectivity index (χ3n) is 2.95. The van der Waals surface area contributed by atoms with Gasteiger partial charge in [0.1, 0.15) is 6.04 Å². The number of nitrogens with zero attached hydrogens (tertiary/aromatic N) is 2. The molecule has 2 unspecified atom stereocenters. The van der Waals surface area contributed by atoms with Crippen LogP contribution in [0.4, 0.5) is 0 Å². The first-order chi connectivity index (χ1) is 7.98. The molecule has 1 fully saturated rings. The Labute approximate surface area is 102 Å². The first-order valence-electron chi connectivity index (χ1n) is 5.60. The van der Waals surface area contributed by atoms with Crippen LogP contribution >= 0.6 is 0 Å². The summed E-state index contributed by atoms with van der Waals surface area (Å²) < 4.78 is 25.5. The maximum atomic E-state index is 12.1. The van der Waals surface area contributed by atoms with Gasteiger partial charge in [0, 0.05) is 13.6 Å². The molecule has 0 radical (unpaired) electrons. The number of hydrogen-bond acceptors (Lipinski definition) is 4. The van der Waals surface area contributed by atoms with Gasteiger partial charge in [-0.1, -0.05) is 6.92 Å². The SMILES string of the molecule is CCC(C#N)S(=O)(=O)N1CCCC1C(=O)NC. The Kier molecular flexibility index (Phi) is 4.48. The average molecular weight is 259 g/mol. The largest absolute Gasteiger partial charge is 0.358 e. The van der Waals surface area contributed by atoms with Gasteiger partial charge in [0.15, 0.2) is 5.25 Å². The molecule has 17 heavy (non-hydrogen) atoms. The third kappa shape index (κ3) is 2.58. The number of nitriles is 1. The molecule has 0 aromatic carbocycles. The molecule has 1 rings (SSSR count). The van der Waals surface area contributed by atoms with Gasteiger partial charge < -0.3 is 5.32 Å². The topological polar surface area (TPSA) is 90.3 Å². The van der Waals surface area contributed by atoms with Gasteiger partial charge in [-0.3, -0.25) is 4.79 Å². The third-order valence-corrected chi connectivity index (χ3v) is 5.20. The van der Waals surface area contributed by atoms with E-state index in [1.165, 1.54) is 11.4 Å². The van der Waals surface area contributed by atoms with Gasteiger partial charge in [0.05, 0.1) is 6.07 Å². The molecule has 1 aliphatic rings. The van der Waals surface area contributed by atoms with Crippen molar-refractivity contribution in [1.29, 1.82) is 5.26 Å². The summed E-state index contributed by atoms with van der Waals surface area (Å²) in [5.74, 6) is -0.307. The monoisotopic (exact) mass is 259 g/mol. The summed E-state index contributed by atoms with van der Waals surface area (Å²) in [6.45, 7) is 1.97. The van der Waals surface area contributed by atoms with Crippen LogP contribution in [0.5, 0.6) is 0 Å². The second kappa shape index (κ2) is 5.47. The summed E-state index contributed by atoms with van der Waals surface area (Å²) in [4.78, 5) is 11.6. The van der Waals surface area contributed by atoms with Crippen molar-refractivity contribution >= 4 is 15.9 Å². The molecule has 2 atom stereocenters. The van der Waals surface area contributed by atoms with E-state index in [2.05, 4.69) is 5.32 Å². The van der Waals surface area contributed by atoms with Gasteiger partial charge in [0.25, 0.3) is 0 Å². The Morgan fingerprint density at radius 3 is 2.76 bits per heavy atom. The minimum Gasteiger partial charge on any atom is -0.358 e. The zero-order chi connectivity index (χ0) is 13.1. The van der Waals surface area contributed by atoms with E-state index in [1.54, 1.807) is 13.0 Å². The summed E-state index contributed by atoms with van der Waals surface area (Å²) in [5, 5.41) is 10.2. The summed E-state index contributed by atoms with van der Waals surface area (Å²) in [5.41, 5.74) is 0. The highest BCUT2D eigenvalue weighted by molar-refractivity contribution is 7.90. The normalized spacial score (nSPS) is 23.0. The van der Waals surface area contributed by atoms with Crippen LogP contribution in [0.15, 0.2) is 0 Å². The number of carbonyl (C=O) groups excluding carboxylic acids is 1. The molecular weight excluding hydrogens is 242 g/mol. The standard InChI is InChI=1S/C10H17N3O3S/c1-3-8(7-11)17(15,16)13-6-4-5-9(13)10(14)12-2/h8-9H,3-6H2,1-2H3,(H,12,14). The van der Waals surface area contributed by atoms with E-state index in [4.69, 9.17) is 5.26 Å². The average Bonchev–Trinajstić information content (AvgIpc) is 2.78. The van der Waals surface area contributed by atoms with Crippen molar-refractivity contribution < 1.29 is 13.2 Å². The number of rotatable bonds is 4. The molecule has 1 N–H and O–H groups in total. The number of carbonyl (C=O) groups is 1. The Hall–Kier alpha value is -1.13. The Balaban J connectivity index is 2.99. The fourth-order valence-corrected chi connectivity index (χ4v) is 3.83. The van der Waals surface area contributed by atoms with Crippen molar-refractivity contribution in [1.82, 2.24) is 9.62 Å². The summed E-state index contributed by atoms with van der Waals surface area (Å²) in [6.07, 6.45) is 1.40. The Bertz CT molecular complexity index is 427. The van der Waals surface area contributed by atoms with Gasteiger partial charge >= 0.3 is 0 Å². The molecule has 96 valence electrons. The minimum absolute atomic E-state index is 0.232. The number of likely N-dealkylation sites (N-methyl/N-ethyl adjacent to an activating group) is 1. The van der Waals surface area contributed by atoms with Crippen LogP contribution < -0.4 is 5.32 Å². The molecule has 7 heteroatoms. The lowest BCUT2D eigenvalue weighted by molar-refractivity contribution is -0.123. The van der Waals surface area contributed by atoms with E-state index in [9.17, 15) is 13.2 Å². The van der Waals surface area contributed by atoms with Crippen LogP contribution in [-0.4, -0.2) is 43.5 Å². The summed E-state index contributed by atoms with van der Waals surface area (Å²) >= 11 is 0. The quantitative estimate of drug-likeness (QED) is 0.759. The number of amides is 1. The van der Waals surface area contributed by atoms with Crippen LogP contribution in [0.3, 0.4) is 0 Å². The van der Waals surface area contributed by atoms with Gasteiger partial charge in [-0.2, -0.15) is 9.57 Å². The maximum absolute atomic E-state index is 12.1. The van der Waals surface area contributed by atoms with Crippen molar-refractivity contribution in [2.75, 3.05) is 13.6 Å². The Morgan fingerprint density at radius 2 is 2.29 bits per heavy atom. The van der Waals surface area contributed by atoms with Gasteiger partial charge in [-0.25, -0.2) is 8.42 Å². The van der Waals surface area contributed by atoms with Crippen LogP contribution in [0.25, 0.3) is 0 Å². The van der Waals surface area contributed by atoms with Crippen molar-refractivity contribution in [2.45, 2.75) is 37.5 Å². The first kappa shape index (κ1) is 13.9. The molecule has 0 bridgehead atoms. The molecule has 0 aliphatic carbocycles. The molecule has 1 amide bonds. The second-order valence-electron chi connectivity index (χ2n) is 3.95. The highest BCUT2D eigenvalue weighted by Crippen LogP contribution is 2.24. The molecule has 1 aliphatic heterocycles.